The molecule has 1 N–H and O–H groups in total. The molecule has 1 aromatic carbocycles. The van der Waals surface area contributed by atoms with E-state index in [1.807, 2.05) is 0 Å². The Bertz CT molecular complexity index is 740. The van der Waals surface area contributed by atoms with Gasteiger partial charge >= 0.3 is 5.97 Å². The number of hydrogen-bond acceptors (Lipinski definition) is 3. The van der Waals surface area contributed by atoms with Gasteiger partial charge in [-0.15, -0.1) is 0 Å². The zero-order valence-electron chi connectivity index (χ0n) is 10.2. The number of aromatic amines is 1. The molecule has 104 valence electrons. The van der Waals surface area contributed by atoms with Gasteiger partial charge in [0.15, 0.2) is 0 Å². The summed E-state index contributed by atoms with van der Waals surface area (Å²) < 4.78 is 4.54. The molecule has 0 bridgehead atoms. The van der Waals surface area contributed by atoms with Crippen LogP contribution in [-0.2, 0) is 4.74 Å². The lowest BCUT2D eigenvalue weighted by Crippen LogP contribution is -2.18. The average molecular weight is 333 g/mol. The van der Waals surface area contributed by atoms with Gasteiger partial charge in [-0.3, -0.25) is 4.79 Å². The van der Waals surface area contributed by atoms with Crippen LogP contribution in [0, 0.1) is 0 Å². The maximum Gasteiger partial charge on any atom is 0.343 e. The van der Waals surface area contributed by atoms with Crippen LogP contribution in [0.4, 0.5) is 0 Å². The third-order valence-corrected chi connectivity index (χ3v) is 3.66. The van der Waals surface area contributed by atoms with Crippen molar-refractivity contribution in [2.45, 2.75) is 0 Å². The first kappa shape index (κ1) is 14.9. The molecule has 0 atom stereocenters. The number of nitrogens with one attached hydrogen (secondary N) is 1. The summed E-state index contributed by atoms with van der Waals surface area (Å²) in [5, 5.41) is 0.984. The van der Waals surface area contributed by atoms with E-state index in [1.54, 1.807) is 6.07 Å². The van der Waals surface area contributed by atoms with E-state index in [-0.39, 0.29) is 5.56 Å². The number of methoxy groups -OCH3 is 1. The topological polar surface area (TPSA) is 59.2 Å². The van der Waals surface area contributed by atoms with Gasteiger partial charge in [0.1, 0.15) is 5.56 Å². The smallest absolute Gasteiger partial charge is 0.343 e. The molecule has 0 saturated heterocycles. The van der Waals surface area contributed by atoms with Crippen LogP contribution in [0.3, 0.4) is 0 Å². The first-order chi connectivity index (χ1) is 9.43. The molecule has 0 unspecified atom stereocenters. The lowest BCUT2D eigenvalue weighted by molar-refractivity contribution is 0.0598. The number of carbonyl (C=O) groups excluding carboxylic acids is 1. The first-order valence-electron chi connectivity index (χ1n) is 5.40. The third kappa shape index (κ3) is 2.82. The number of halogens is 3. The Hall–Kier alpha value is -1.49. The minimum atomic E-state index is -0.732. The Balaban J connectivity index is 2.62. The van der Waals surface area contributed by atoms with E-state index in [0.717, 1.165) is 0 Å². The van der Waals surface area contributed by atoms with Gasteiger partial charge in [-0.25, -0.2) is 4.79 Å². The van der Waals surface area contributed by atoms with Crippen LogP contribution in [0.1, 0.15) is 10.4 Å². The largest absolute Gasteiger partial charge is 0.465 e. The Morgan fingerprint density at radius 2 is 1.75 bits per heavy atom. The molecule has 0 spiro atoms. The molecule has 0 saturated carbocycles. The van der Waals surface area contributed by atoms with Crippen LogP contribution in [0.15, 0.2) is 29.2 Å². The van der Waals surface area contributed by atoms with E-state index in [2.05, 4.69) is 9.72 Å². The molecule has 1 heterocycles. The van der Waals surface area contributed by atoms with Gasteiger partial charge < -0.3 is 9.72 Å². The number of hydrogen-bond donors (Lipinski definition) is 1. The molecule has 2 aromatic rings. The van der Waals surface area contributed by atoms with Crippen LogP contribution >= 0.6 is 34.8 Å². The molecule has 0 aliphatic heterocycles. The number of rotatable bonds is 2. The molecule has 1 aromatic heterocycles. The maximum absolute atomic E-state index is 11.6. The molecule has 0 amide bonds. The van der Waals surface area contributed by atoms with Gasteiger partial charge in [0.05, 0.1) is 22.2 Å². The van der Waals surface area contributed by atoms with E-state index < -0.39 is 11.5 Å². The van der Waals surface area contributed by atoms with Gasteiger partial charge in [0.25, 0.3) is 5.56 Å². The van der Waals surface area contributed by atoms with E-state index in [9.17, 15) is 9.59 Å². The lowest BCUT2D eigenvalue weighted by atomic mass is 10.1. The second kappa shape index (κ2) is 5.87. The Morgan fingerprint density at radius 1 is 1.10 bits per heavy atom. The third-order valence-electron chi connectivity index (χ3n) is 2.63. The number of pyridine rings is 1. The summed E-state index contributed by atoms with van der Waals surface area (Å²) in [4.78, 5) is 25.5. The summed E-state index contributed by atoms with van der Waals surface area (Å²) in [6.45, 7) is 0. The second-order valence-electron chi connectivity index (χ2n) is 3.87. The molecule has 7 heteroatoms. The monoisotopic (exact) mass is 331 g/mol. The van der Waals surface area contributed by atoms with E-state index in [1.165, 1.54) is 25.4 Å². The number of H-pyrrole nitrogens is 1. The average Bonchev–Trinajstić information content (AvgIpc) is 2.43. The van der Waals surface area contributed by atoms with Gasteiger partial charge in [-0.1, -0.05) is 34.8 Å². The van der Waals surface area contributed by atoms with Crippen molar-refractivity contribution in [1.82, 2.24) is 4.98 Å². The van der Waals surface area contributed by atoms with Crippen LogP contribution < -0.4 is 5.56 Å². The van der Waals surface area contributed by atoms with E-state index in [0.29, 0.717) is 26.2 Å². The molecule has 4 nitrogen and oxygen atoms in total. The highest BCUT2D eigenvalue weighted by Crippen LogP contribution is 2.34. The fraction of sp³-hybridized carbons (Fsp3) is 0.0769. The lowest BCUT2D eigenvalue weighted by Gasteiger charge is -2.07. The van der Waals surface area contributed by atoms with Crippen LogP contribution in [0.2, 0.25) is 15.1 Å². The van der Waals surface area contributed by atoms with Crippen molar-refractivity contribution in [3.05, 3.63) is 55.4 Å². The SMILES string of the molecule is COC(=O)c1cc(-c2cc(Cl)c(Cl)cc2Cl)c[nH]c1=O. The molecule has 0 fully saturated rings. The molecule has 20 heavy (non-hydrogen) atoms. The van der Waals surface area contributed by atoms with Crippen molar-refractivity contribution < 1.29 is 9.53 Å². The Labute approximate surface area is 129 Å². The highest BCUT2D eigenvalue weighted by Gasteiger charge is 2.14. The van der Waals surface area contributed by atoms with Crippen molar-refractivity contribution in [3.63, 3.8) is 0 Å². The maximum atomic E-state index is 11.6. The minimum Gasteiger partial charge on any atom is -0.465 e. The van der Waals surface area contributed by atoms with Crippen molar-refractivity contribution >= 4 is 40.8 Å². The predicted octanol–water partition coefficient (Wildman–Crippen LogP) is 3.79. The zero-order valence-corrected chi connectivity index (χ0v) is 12.4. The highest BCUT2D eigenvalue weighted by molar-refractivity contribution is 6.44. The number of esters is 1. The van der Waals surface area contributed by atoms with E-state index >= 15 is 0 Å². The Morgan fingerprint density at radius 3 is 2.40 bits per heavy atom. The van der Waals surface area contributed by atoms with Crippen LogP contribution in [0.5, 0.6) is 0 Å². The summed E-state index contributed by atoms with van der Waals surface area (Å²) in [7, 11) is 1.20. The summed E-state index contributed by atoms with van der Waals surface area (Å²) in [5.74, 6) is -0.732. The normalized spacial score (nSPS) is 10.4. The van der Waals surface area contributed by atoms with Gasteiger partial charge in [-0.2, -0.15) is 0 Å². The fourth-order valence-corrected chi connectivity index (χ4v) is 2.30. The molecule has 0 aliphatic carbocycles. The first-order valence-corrected chi connectivity index (χ1v) is 6.53. The standard InChI is InChI=1S/C13H8Cl3NO3/c1-20-13(19)8-2-6(5-17-12(8)18)7-3-10(15)11(16)4-9(7)14/h2-5H,1H3,(H,17,18). The van der Waals surface area contributed by atoms with Crippen molar-refractivity contribution in [3.8, 4) is 11.1 Å². The van der Waals surface area contributed by atoms with Crippen LogP contribution in [-0.4, -0.2) is 18.1 Å². The predicted molar refractivity (Wildman–Crippen MR) is 78.9 cm³/mol. The van der Waals surface area contributed by atoms with Gasteiger partial charge in [-0.05, 0) is 18.2 Å². The van der Waals surface area contributed by atoms with Crippen LogP contribution in [0.25, 0.3) is 11.1 Å². The summed E-state index contributed by atoms with van der Waals surface area (Å²) in [5.41, 5.74) is 0.403. The Kier molecular flexibility index (Phi) is 4.38. The van der Waals surface area contributed by atoms with Crippen molar-refractivity contribution in [2.75, 3.05) is 7.11 Å². The molecule has 0 radical (unpaired) electrons. The van der Waals surface area contributed by atoms with E-state index in [4.69, 9.17) is 34.8 Å². The van der Waals surface area contributed by atoms with Gasteiger partial charge in [0.2, 0.25) is 0 Å². The minimum absolute atomic E-state index is 0.118. The van der Waals surface area contributed by atoms with Crippen molar-refractivity contribution in [1.29, 1.82) is 0 Å². The highest BCUT2D eigenvalue weighted by atomic mass is 35.5. The molecule has 2 rings (SSSR count). The number of aromatic nitrogens is 1. The van der Waals surface area contributed by atoms with Gasteiger partial charge in [0, 0.05) is 17.3 Å². The summed E-state index contributed by atoms with van der Waals surface area (Å²) in [6.07, 6.45) is 1.43. The van der Waals surface area contributed by atoms with Crippen molar-refractivity contribution in [2.24, 2.45) is 0 Å². The summed E-state index contributed by atoms with van der Waals surface area (Å²) in [6, 6.07) is 4.43. The number of benzene rings is 1. The quantitative estimate of drug-likeness (QED) is 0.672. The number of ether oxygens (including phenoxy) is 1. The second-order valence-corrected chi connectivity index (χ2v) is 5.09. The fourth-order valence-electron chi connectivity index (χ4n) is 1.64. The number of carbonyl (C=O) groups is 1. The molecular weight excluding hydrogens is 325 g/mol. The molecule has 0 aliphatic rings. The zero-order chi connectivity index (χ0) is 14.9. The summed E-state index contributed by atoms with van der Waals surface area (Å²) >= 11 is 17.9. The molecular formula is C13H8Cl3NO3.